The van der Waals surface area contributed by atoms with Crippen LogP contribution in [0.3, 0.4) is 0 Å². The maximum Gasteiger partial charge on any atom is 0.131 e. The molecule has 2 fully saturated rings. The summed E-state index contributed by atoms with van der Waals surface area (Å²) in [6.07, 6.45) is 5.32. The van der Waals surface area contributed by atoms with E-state index in [4.69, 9.17) is 4.98 Å². The molecule has 23 heavy (non-hydrogen) atoms. The second-order valence-corrected chi connectivity index (χ2v) is 7.61. The van der Waals surface area contributed by atoms with E-state index in [0.717, 1.165) is 24.5 Å². The fraction of sp³-hybridized carbons (Fsp3) is 0.778. The van der Waals surface area contributed by atoms with E-state index in [9.17, 15) is 10.2 Å². The van der Waals surface area contributed by atoms with Crippen molar-refractivity contribution in [2.75, 3.05) is 13.2 Å². The van der Waals surface area contributed by atoms with Gasteiger partial charge in [-0.1, -0.05) is 13.8 Å². The molecular weight excluding hydrogens is 290 g/mol. The molecule has 2 aliphatic rings. The van der Waals surface area contributed by atoms with Crippen LogP contribution in [0, 0.1) is 17.8 Å². The summed E-state index contributed by atoms with van der Waals surface area (Å²) < 4.78 is 0. The smallest absolute Gasteiger partial charge is 0.131 e. The summed E-state index contributed by atoms with van der Waals surface area (Å²) in [6, 6.07) is 2.22. The Labute approximate surface area is 138 Å². The Balaban J connectivity index is 1.71. The first-order valence-electron chi connectivity index (χ1n) is 8.92. The quantitative estimate of drug-likeness (QED) is 0.710. The minimum atomic E-state index is -0.431. The van der Waals surface area contributed by atoms with Crippen molar-refractivity contribution in [2.24, 2.45) is 17.8 Å². The molecule has 0 radical (unpaired) electrons. The molecule has 4 atom stereocenters. The highest BCUT2D eigenvalue weighted by Gasteiger charge is 2.42. The third kappa shape index (κ3) is 4.08. The lowest BCUT2D eigenvalue weighted by atomic mass is 9.88. The number of aromatic nitrogens is 2. The molecule has 5 nitrogen and oxygen atoms in total. The Bertz CT molecular complexity index is 519. The lowest BCUT2D eigenvalue weighted by Crippen LogP contribution is -2.38. The van der Waals surface area contributed by atoms with Crippen LogP contribution >= 0.6 is 0 Å². The minimum absolute atomic E-state index is 0.0340. The van der Waals surface area contributed by atoms with E-state index in [1.165, 1.54) is 12.8 Å². The molecule has 0 spiro atoms. The summed E-state index contributed by atoms with van der Waals surface area (Å²) >= 11 is 0. The SMILES string of the molecule is CC(C)CNC1CC(O)C(CO)C1Cc1ccnc(C2CC2)n1. The zero-order valence-electron chi connectivity index (χ0n) is 14.2. The van der Waals surface area contributed by atoms with E-state index in [2.05, 4.69) is 24.1 Å². The first kappa shape index (κ1) is 16.8. The monoisotopic (exact) mass is 319 g/mol. The van der Waals surface area contributed by atoms with Crippen LogP contribution in [-0.4, -0.2) is 45.5 Å². The van der Waals surface area contributed by atoms with Gasteiger partial charge in [0.05, 0.1) is 6.10 Å². The van der Waals surface area contributed by atoms with Gasteiger partial charge < -0.3 is 15.5 Å². The molecule has 0 saturated heterocycles. The van der Waals surface area contributed by atoms with Crippen molar-refractivity contribution in [2.45, 2.75) is 57.6 Å². The van der Waals surface area contributed by atoms with E-state index >= 15 is 0 Å². The maximum atomic E-state index is 10.3. The van der Waals surface area contributed by atoms with Gasteiger partial charge in [0.1, 0.15) is 5.82 Å². The molecule has 4 unspecified atom stereocenters. The Morgan fingerprint density at radius 3 is 2.74 bits per heavy atom. The molecule has 2 aliphatic carbocycles. The highest BCUT2D eigenvalue weighted by atomic mass is 16.3. The van der Waals surface area contributed by atoms with Gasteiger partial charge in [-0.15, -0.1) is 0 Å². The average Bonchev–Trinajstić information content (AvgIpc) is 3.32. The van der Waals surface area contributed by atoms with Crippen molar-refractivity contribution in [1.29, 1.82) is 0 Å². The molecule has 1 aromatic heterocycles. The molecular formula is C18H29N3O2. The molecule has 0 bridgehead atoms. The largest absolute Gasteiger partial charge is 0.396 e. The molecule has 128 valence electrons. The first-order valence-corrected chi connectivity index (χ1v) is 8.92. The van der Waals surface area contributed by atoms with Crippen molar-refractivity contribution in [3.63, 3.8) is 0 Å². The van der Waals surface area contributed by atoms with E-state index in [1.54, 1.807) is 0 Å². The number of aliphatic hydroxyl groups is 2. The standard InChI is InChI=1S/C18H29N3O2/c1-11(2)9-20-16-8-17(23)15(10-22)14(16)7-13-5-6-19-18(21-13)12-3-4-12/h5-6,11-12,14-17,20,22-23H,3-4,7-10H2,1-2H3. The normalized spacial score (nSPS) is 31.0. The number of nitrogens with zero attached hydrogens (tertiary/aromatic N) is 2. The summed E-state index contributed by atoms with van der Waals surface area (Å²) in [6.45, 7) is 5.34. The minimum Gasteiger partial charge on any atom is -0.396 e. The molecule has 5 heteroatoms. The summed E-state index contributed by atoms with van der Waals surface area (Å²) in [5.41, 5.74) is 1.04. The van der Waals surface area contributed by atoms with E-state index < -0.39 is 6.10 Å². The molecule has 3 N–H and O–H groups in total. The predicted octanol–water partition coefficient (Wildman–Crippen LogP) is 1.50. The van der Waals surface area contributed by atoms with Gasteiger partial charge in [0.25, 0.3) is 0 Å². The number of rotatable bonds is 7. The van der Waals surface area contributed by atoms with Crippen molar-refractivity contribution >= 4 is 0 Å². The molecule has 3 rings (SSSR count). The summed E-state index contributed by atoms with van der Waals surface area (Å²) in [5.74, 6) is 2.23. The van der Waals surface area contributed by atoms with Crippen LogP contribution in [0.25, 0.3) is 0 Å². The molecule has 1 aromatic rings. The molecule has 0 aliphatic heterocycles. The number of aliphatic hydroxyl groups excluding tert-OH is 2. The Hall–Kier alpha value is -1.04. The number of hydrogen-bond donors (Lipinski definition) is 3. The molecule has 2 saturated carbocycles. The lowest BCUT2D eigenvalue weighted by molar-refractivity contribution is 0.0716. The molecule has 1 heterocycles. The van der Waals surface area contributed by atoms with Gasteiger partial charge >= 0.3 is 0 Å². The van der Waals surface area contributed by atoms with Gasteiger partial charge in [-0.05, 0) is 50.1 Å². The van der Waals surface area contributed by atoms with Crippen LogP contribution in [0.1, 0.15) is 50.5 Å². The third-order valence-electron chi connectivity index (χ3n) is 5.17. The molecule has 0 aromatic carbocycles. The zero-order valence-corrected chi connectivity index (χ0v) is 14.2. The fourth-order valence-electron chi connectivity index (χ4n) is 3.67. The number of nitrogens with one attached hydrogen (secondary N) is 1. The van der Waals surface area contributed by atoms with Crippen LogP contribution in [0.2, 0.25) is 0 Å². The number of hydrogen-bond acceptors (Lipinski definition) is 5. The zero-order chi connectivity index (χ0) is 16.4. The van der Waals surface area contributed by atoms with Gasteiger partial charge in [-0.3, -0.25) is 0 Å². The van der Waals surface area contributed by atoms with Gasteiger partial charge in [-0.2, -0.15) is 0 Å². The van der Waals surface area contributed by atoms with Crippen LogP contribution in [0.5, 0.6) is 0 Å². The van der Waals surface area contributed by atoms with Crippen molar-refractivity contribution in [3.8, 4) is 0 Å². The second-order valence-electron chi connectivity index (χ2n) is 7.61. The highest BCUT2D eigenvalue weighted by molar-refractivity contribution is 5.12. The van der Waals surface area contributed by atoms with Crippen LogP contribution in [0.15, 0.2) is 12.3 Å². The van der Waals surface area contributed by atoms with Gasteiger partial charge in [0.2, 0.25) is 0 Å². The van der Waals surface area contributed by atoms with E-state index in [1.807, 2.05) is 12.3 Å². The van der Waals surface area contributed by atoms with E-state index in [-0.39, 0.29) is 24.5 Å². The highest BCUT2D eigenvalue weighted by Crippen LogP contribution is 2.38. The van der Waals surface area contributed by atoms with Crippen molar-refractivity contribution in [1.82, 2.24) is 15.3 Å². The van der Waals surface area contributed by atoms with E-state index in [0.29, 0.717) is 18.3 Å². The van der Waals surface area contributed by atoms with Gasteiger partial charge in [-0.25, -0.2) is 9.97 Å². The Kier molecular flexibility index (Phi) is 5.29. The maximum absolute atomic E-state index is 10.3. The topological polar surface area (TPSA) is 78.3 Å². The van der Waals surface area contributed by atoms with Crippen LogP contribution in [0.4, 0.5) is 0 Å². The van der Waals surface area contributed by atoms with Gasteiger partial charge in [0, 0.05) is 36.4 Å². The predicted molar refractivity (Wildman–Crippen MR) is 89.0 cm³/mol. The Morgan fingerprint density at radius 2 is 2.09 bits per heavy atom. The fourth-order valence-corrected chi connectivity index (χ4v) is 3.67. The lowest BCUT2D eigenvalue weighted by Gasteiger charge is -2.25. The van der Waals surface area contributed by atoms with Crippen molar-refractivity contribution < 1.29 is 10.2 Å². The second kappa shape index (κ2) is 7.24. The van der Waals surface area contributed by atoms with Crippen LogP contribution < -0.4 is 5.32 Å². The van der Waals surface area contributed by atoms with Gasteiger partial charge in [0.15, 0.2) is 0 Å². The summed E-state index contributed by atoms with van der Waals surface area (Å²) in [7, 11) is 0. The molecule has 0 amide bonds. The summed E-state index contributed by atoms with van der Waals surface area (Å²) in [4.78, 5) is 9.10. The summed E-state index contributed by atoms with van der Waals surface area (Å²) in [5, 5.41) is 23.6. The average molecular weight is 319 g/mol. The third-order valence-corrected chi connectivity index (χ3v) is 5.17. The Morgan fingerprint density at radius 1 is 1.30 bits per heavy atom. The van der Waals surface area contributed by atoms with Crippen molar-refractivity contribution in [3.05, 3.63) is 23.8 Å². The van der Waals surface area contributed by atoms with Crippen LogP contribution in [-0.2, 0) is 6.42 Å². The first-order chi connectivity index (χ1) is 11.1.